The summed E-state index contributed by atoms with van der Waals surface area (Å²) in [5, 5.41) is 15.3. The van der Waals surface area contributed by atoms with Crippen LogP contribution in [0.5, 0.6) is 0 Å². The van der Waals surface area contributed by atoms with E-state index in [1.165, 1.54) is 22.9 Å². The van der Waals surface area contributed by atoms with Crippen molar-refractivity contribution in [3.63, 3.8) is 0 Å². The fraction of sp³-hybridized carbons (Fsp3) is 0.550. The minimum atomic E-state index is -0.530. The van der Waals surface area contributed by atoms with Crippen LogP contribution in [0.2, 0.25) is 0 Å². The topological polar surface area (TPSA) is 48.4 Å². The van der Waals surface area contributed by atoms with Crippen molar-refractivity contribution in [3.8, 4) is 0 Å². The lowest BCUT2D eigenvalue weighted by atomic mass is 9.85. The minimum Gasteiger partial charge on any atom is -0.389 e. The van der Waals surface area contributed by atoms with Gasteiger partial charge in [-0.15, -0.1) is 0 Å². The number of hydrogen-bond donors (Lipinski definition) is 2. The van der Waals surface area contributed by atoms with Gasteiger partial charge in [0.05, 0.1) is 11.1 Å². The number of hydrogen-bond acceptors (Lipinski definition) is 4. The van der Waals surface area contributed by atoms with E-state index in [1.54, 1.807) is 0 Å². The lowest BCUT2D eigenvalue weighted by Gasteiger charge is -2.32. The number of anilines is 1. The summed E-state index contributed by atoms with van der Waals surface area (Å²) in [5.41, 5.74) is 2.91. The molecule has 130 valence electrons. The first-order valence-electron chi connectivity index (χ1n) is 8.98. The molecule has 3 rings (SSSR count). The van der Waals surface area contributed by atoms with Crippen LogP contribution < -0.4 is 10.2 Å². The molecule has 0 bridgehead atoms. The van der Waals surface area contributed by atoms with Crippen LogP contribution >= 0.6 is 0 Å². The number of aliphatic hydroxyl groups is 1. The standard InChI is InChI=1S/C20H29N3O/c1-15-7-8-16-12-17(19(23(2)3)22-18(16)11-15)13-21-14-20(24)9-5-4-6-10-20/h7-8,11-12,21,24H,4-6,9-10,13-14H2,1-3H3. The third-order valence-corrected chi connectivity index (χ3v) is 5.01. The Balaban J connectivity index is 1.77. The molecule has 2 N–H and O–H groups in total. The fourth-order valence-electron chi connectivity index (χ4n) is 3.64. The number of rotatable bonds is 5. The quantitative estimate of drug-likeness (QED) is 0.884. The van der Waals surface area contributed by atoms with Crippen molar-refractivity contribution in [2.75, 3.05) is 25.5 Å². The third kappa shape index (κ3) is 3.87. The van der Waals surface area contributed by atoms with E-state index in [1.807, 2.05) is 14.1 Å². The van der Waals surface area contributed by atoms with Crippen LogP contribution in [0.15, 0.2) is 24.3 Å². The molecule has 1 fully saturated rings. The molecule has 1 aliphatic rings. The van der Waals surface area contributed by atoms with Gasteiger partial charge in [-0.25, -0.2) is 4.98 Å². The van der Waals surface area contributed by atoms with Crippen molar-refractivity contribution in [1.82, 2.24) is 10.3 Å². The number of pyridine rings is 1. The van der Waals surface area contributed by atoms with E-state index in [-0.39, 0.29) is 0 Å². The van der Waals surface area contributed by atoms with Crippen LogP contribution in [0.3, 0.4) is 0 Å². The Morgan fingerprint density at radius 1 is 1.17 bits per heavy atom. The fourth-order valence-corrected chi connectivity index (χ4v) is 3.64. The van der Waals surface area contributed by atoms with Gasteiger partial charge in [0.15, 0.2) is 0 Å². The monoisotopic (exact) mass is 327 g/mol. The first-order chi connectivity index (χ1) is 11.5. The van der Waals surface area contributed by atoms with Crippen LogP contribution in [-0.2, 0) is 6.54 Å². The summed E-state index contributed by atoms with van der Waals surface area (Å²) in [4.78, 5) is 6.91. The molecular formula is C20H29N3O. The van der Waals surface area contributed by atoms with Gasteiger partial charge in [0.2, 0.25) is 0 Å². The number of aromatic nitrogens is 1. The Labute approximate surface area is 144 Å². The van der Waals surface area contributed by atoms with Gasteiger partial charge < -0.3 is 15.3 Å². The summed E-state index contributed by atoms with van der Waals surface area (Å²) in [7, 11) is 4.06. The Morgan fingerprint density at radius 3 is 2.62 bits per heavy atom. The Bertz CT molecular complexity index is 705. The molecule has 0 unspecified atom stereocenters. The maximum absolute atomic E-state index is 10.6. The Kier molecular flexibility index (Phi) is 5.07. The number of nitrogens with zero attached hydrogens (tertiary/aromatic N) is 2. The van der Waals surface area contributed by atoms with E-state index < -0.39 is 5.60 Å². The van der Waals surface area contributed by atoms with E-state index in [0.29, 0.717) is 6.54 Å². The molecule has 4 nitrogen and oxygen atoms in total. The first kappa shape index (κ1) is 17.2. The zero-order valence-corrected chi connectivity index (χ0v) is 15.1. The van der Waals surface area contributed by atoms with Crippen LogP contribution in [0.25, 0.3) is 10.9 Å². The molecule has 1 aliphatic carbocycles. The van der Waals surface area contributed by atoms with Gasteiger partial charge in [0.1, 0.15) is 5.82 Å². The summed E-state index contributed by atoms with van der Waals surface area (Å²) >= 11 is 0. The molecular weight excluding hydrogens is 298 g/mol. The van der Waals surface area contributed by atoms with E-state index in [4.69, 9.17) is 4.98 Å². The molecule has 0 aliphatic heterocycles. The second-order valence-electron chi connectivity index (χ2n) is 7.45. The molecule has 1 aromatic heterocycles. The van der Waals surface area contributed by atoms with Gasteiger partial charge in [-0.3, -0.25) is 0 Å². The zero-order chi connectivity index (χ0) is 17.2. The maximum atomic E-state index is 10.6. The highest BCUT2D eigenvalue weighted by atomic mass is 16.3. The highest BCUT2D eigenvalue weighted by Crippen LogP contribution is 2.28. The average molecular weight is 327 g/mol. The normalized spacial score (nSPS) is 17.2. The van der Waals surface area contributed by atoms with Gasteiger partial charge >= 0.3 is 0 Å². The van der Waals surface area contributed by atoms with Gasteiger partial charge in [0, 0.05) is 38.1 Å². The molecule has 0 amide bonds. The number of benzene rings is 1. The highest BCUT2D eigenvalue weighted by Gasteiger charge is 2.28. The molecule has 0 spiro atoms. The summed E-state index contributed by atoms with van der Waals surface area (Å²) < 4.78 is 0. The molecule has 0 saturated heterocycles. The number of fused-ring (bicyclic) bond motifs is 1. The molecule has 0 atom stereocenters. The van der Waals surface area contributed by atoms with Gasteiger partial charge in [0.25, 0.3) is 0 Å². The summed E-state index contributed by atoms with van der Waals surface area (Å²) in [6.07, 6.45) is 5.35. The zero-order valence-electron chi connectivity index (χ0n) is 15.1. The summed E-state index contributed by atoms with van der Waals surface area (Å²) in [6.45, 7) is 3.48. The molecule has 0 radical (unpaired) electrons. The van der Waals surface area contributed by atoms with Crippen molar-refractivity contribution in [3.05, 3.63) is 35.4 Å². The third-order valence-electron chi connectivity index (χ3n) is 5.01. The van der Waals surface area contributed by atoms with Crippen LogP contribution in [-0.4, -0.2) is 36.3 Å². The molecule has 1 saturated carbocycles. The van der Waals surface area contributed by atoms with Crippen LogP contribution in [0, 0.1) is 6.92 Å². The van der Waals surface area contributed by atoms with Crippen molar-refractivity contribution in [2.24, 2.45) is 0 Å². The first-order valence-corrected chi connectivity index (χ1v) is 8.98. The largest absolute Gasteiger partial charge is 0.389 e. The van der Waals surface area contributed by atoms with E-state index >= 15 is 0 Å². The minimum absolute atomic E-state index is 0.530. The average Bonchev–Trinajstić information content (AvgIpc) is 2.54. The van der Waals surface area contributed by atoms with Crippen molar-refractivity contribution in [1.29, 1.82) is 0 Å². The molecule has 1 aromatic carbocycles. The van der Waals surface area contributed by atoms with Crippen molar-refractivity contribution < 1.29 is 5.11 Å². The second kappa shape index (κ2) is 7.08. The number of nitrogens with one attached hydrogen (secondary N) is 1. The van der Waals surface area contributed by atoms with Crippen molar-refractivity contribution >= 4 is 16.7 Å². The van der Waals surface area contributed by atoms with Crippen LogP contribution in [0.4, 0.5) is 5.82 Å². The lowest BCUT2D eigenvalue weighted by Crippen LogP contribution is -2.42. The Morgan fingerprint density at radius 2 is 1.92 bits per heavy atom. The van der Waals surface area contributed by atoms with Gasteiger partial charge in [-0.05, 0) is 37.5 Å². The van der Waals surface area contributed by atoms with E-state index in [2.05, 4.69) is 41.4 Å². The van der Waals surface area contributed by atoms with E-state index in [9.17, 15) is 5.11 Å². The molecule has 2 aromatic rings. The van der Waals surface area contributed by atoms with E-state index in [0.717, 1.165) is 43.6 Å². The van der Waals surface area contributed by atoms with Gasteiger partial charge in [-0.2, -0.15) is 0 Å². The highest BCUT2D eigenvalue weighted by molar-refractivity contribution is 5.82. The van der Waals surface area contributed by atoms with Crippen LogP contribution in [0.1, 0.15) is 43.2 Å². The van der Waals surface area contributed by atoms with Gasteiger partial charge in [-0.1, -0.05) is 31.4 Å². The SMILES string of the molecule is Cc1ccc2cc(CNCC3(O)CCCCC3)c(N(C)C)nc2c1. The summed E-state index contributed by atoms with van der Waals surface area (Å²) in [6, 6.07) is 8.61. The summed E-state index contributed by atoms with van der Waals surface area (Å²) in [5.74, 6) is 0.997. The second-order valence-corrected chi connectivity index (χ2v) is 7.45. The maximum Gasteiger partial charge on any atom is 0.133 e. The molecule has 1 heterocycles. The molecule has 24 heavy (non-hydrogen) atoms. The Hall–Kier alpha value is -1.65. The smallest absolute Gasteiger partial charge is 0.133 e. The van der Waals surface area contributed by atoms with Crippen molar-refractivity contribution in [2.45, 2.75) is 51.2 Å². The number of aryl methyl sites for hydroxylation is 1. The lowest BCUT2D eigenvalue weighted by molar-refractivity contribution is 0.00468. The predicted molar refractivity (Wildman–Crippen MR) is 101 cm³/mol. The predicted octanol–water partition coefficient (Wildman–Crippen LogP) is 3.39. The molecule has 4 heteroatoms.